The van der Waals surface area contributed by atoms with Crippen LogP contribution in [0.2, 0.25) is 5.02 Å². The van der Waals surface area contributed by atoms with Crippen molar-refractivity contribution in [2.45, 2.75) is 53.3 Å². The Hall–Kier alpha value is -3.36. The third-order valence-electron chi connectivity index (χ3n) is 5.78. The van der Waals surface area contributed by atoms with Crippen LogP contribution in [0, 0.1) is 20.8 Å². The highest BCUT2D eigenvalue weighted by molar-refractivity contribution is 6.30. The fourth-order valence-electron chi connectivity index (χ4n) is 3.83. The molecule has 0 spiro atoms. The summed E-state index contributed by atoms with van der Waals surface area (Å²) in [6, 6.07) is 11.2. The van der Waals surface area contributed by atoms with Crippen molar-refractivity contribution in [3.05, 3.63) is 69.6 Å². The maximum atomic E-state index is 12.3. The van der Waals surface area contributed by atoms with E-state index in [-0.39, 0.29) is 12.5 Å². The number of aromatic nitrogens is 1. The Bertz CT molecular complexity index is 1250. The zero-order chi connectivity index (χ0) is 26.6. The van der Waals surface area contributed by atoms with Crippen LogP contribution in [-0.4, -0.2) is 46.1 Å². The number of carboxylic acids is 1. The fourth-order valence-corrected chi connectivity index (χ4v) is 4.02. The van der Waals surface area contributed by atoms with E-state index in [1.165, 1.54) is 13.8 Å². The number of aliphatic carboxylic acids is 1. The molecule has 36 heavy (non-hydrogen) atoms. The van der Waals surface area contributed by atoms with Gasteiger partial charge >= 0.3 is 5.97 Å². The number of amides is 1. The average Bonchev–Trinajstić information content (AvgIpc) is 3.16. The maximum absolute atomic E-state index is 12.3. The molecule has 1 aromatic heterocycles. The van der Waals surface area contributed by atoms with Gasteiger partial charge in [0.05, 0.1) is 12.2 Å². The lowest BCUT2D eigenvalue weighted by Crippen LogP contribution is -2.38. The third-order valence-corrected chi connectivity index (χ3v) is 6.02. The molecule has 192 valence electrons. The zero-order valence-corrected chi connectivity index (χ0v) is 22.2. The minimum Gasteiger partial charge on any atom is -0.478 e. The number of rotatable bonds is 10. The predicted molar refractivity (Wildman–Crippen MR) is 138 cm³/mol. The summed E-state index contributed by atoms with van der Waals surface area (Å²) < 4.78 is 11.7. The van der Waals surface area contributed by atoms with Crippen LogP contribution in [0.3, 0.4) is 0 Å². The standard InChI is InChI=1S/C27H32ClN3O5/c1-16-10-19(11-17(2)24(16)36-27(4,5)26(33)34)13-31(15-23(32)29-6)14-22-18(3)35-25(30-22)20-8-7-9-21(28)12-20/h7-12H,13-15H2,1-6H3,(H,29,32)(H,33,34). The second kappa shape index (κ2) is 11.1. The molecular weight excluding hydrogens is 482 g/mol. The zero-order valence-electron chi connectivity index (χ0n) is 21.4. The van der Waals surface area contributed by atoms with Gasteiger partial charge in [0.15, 0.2) is 5.60 Å². The third kappa shape index (κ3) is 6.65. The van der Waals surface area contributed by atoms with Gasteiger partial charge < -0.3 is 19.6 Å². The first-order valence-corrected chi connectivity index (χ1v) is 11.9. The number of halogens is 1. The highest BCUT2D eigenvalue weighted by Crippen LogP contribution is 2.30. The molecule has 2 aromatic carbocycles. The molecule has 0 aliphatic heterocycles. The van der Waals surface area contributed by atoms with Crippen LogP contribution >= 0.6 is 11.6 Å². The van der Waals surface area contributed by atoms with Crippen molar-refractivity contribution in [2.75, 3.05) is 13.6 Å². The summed E-state index contributed by atoms with van der Waals surface area (Å²) in [5.41, 5.74) is 2.75. The molecular formula is C27H32ClN3O5. The van der Waals surface area contributed by atoms with Gasteiger partial charge in [-0.3, -0.25) is 9.69 Å². The van der Waals surface area contributed by atoms with Gasteiger partial charge in [0.1, 0.15) is 11.5 Å². The molecule has 0 saturated carbocycles. The predicted octanol–water partition coefficient (Wildman–Crippen LogP) is 4.91. The van der Waals surface area contributed by atoms with Crippen LogP contribution in [0.4, 0.5) is 0 Å². The fraction of sp³-hybridized carbons (Fsp3) is 0.370. The molecule has 0 atom stereocenters. The molecule has 0 fully saturated rings. The van der Waals surface area contributed by atoms with Crippen LogP contribution in [-0.2, 0) is 22.7 Å². The van der Waals surface area contributed by atoms with Crippen molar-refractivity contribution >= 4 is 23.5 Å². The molecule has 1 heterocycles. The second-order valence-corrected chi connectivity index (χ2v) is 9.76. The summed E-state index contributed by atoms with van der Waals surface area (Å²) in [6.45, 7) is 9.67. The Morgan fingerprint density at radius 3 is 2.39 bits per heavy atom. The first kappa shape index (κ1) is 27.2. The first-order valence-electron chi connectivity index (χ1n) is 11.6. The van der Waals surface area contributed by atoms with Gasteiger partial charge in [-0.15, -0.1) is 0 Å². The number of nitrogens with zero attached hydrogens (tertiary/aromatic N) is 2. The molecule has 0 bridgehead atoms. The minimum atomic E-state index is -1.35. The highest BCUT2D eigenvalue weighted by atomic mass is 35.5. The molecule has 8 nitrogen and oxygen atoms in total. The van der Waals surface area contributed by atoms with Crippen molar-refractivity contribution in [2.24, 2.45) is 0 Å². The summed E-state index contributed by atoms with van der Waals surface area (Å²) in [4.78, 5) is 30.4. The Morgan fingerprint density at radius 1 is 1.14 bits per heavy atom. The number of hydrogen-bond donors (Lipinski definition) is 2. The van der Waals surface area contributed by atoms with Gasteiger partial charge in [0.2, 0.25) is 11.8 Å². The molecule has 1 amide bonds. The van der Waals surface area contributed by atoms with E-state index in [1.807, 2.05) is 49.9 Å². The summed E-state index contributed by atoms with van der Waals surface area (Å²) in [5, 5.41) is 12.7. The van der Waals surface area contributed by atoms with Gasteiger partial charge in [0.25, 0.3) is 0 Å². The van der Waals surface area contributed by atoms with E-state index in [9.17, 15) is 14.7 Å². The van der Waals surface area contributed by atoms with Gasteiger partial charge in [-0.25, -0.2) is 9.78 Å². The average molecular weight is 514 g/mol. The molecule has 9 heteroatoms. The van der Waals surface area contributed by atoms with Crippen molar-refractivity contribution in [3.63, 3.8) is 0 Å². The highest BCUT2D eigenvalue weighted by Gasteiger charge is 2.30. The van der Waals surface area contributed by atoms with E-state index < -0.39 is 11.6 Å². The second-order valence-electron chi connectivity index (χ2n) is 9.33. The molecule has 3 aromatic rings. The number of nitrogens with one attached hydrogen (secondary N) is 1. The maximum Gasteiger partial charge on any atom is 0.347 e. The molecule has 0 radical (unpaired) electrons. The number of aryl methyl sites for hydroxylation is 3. The van der Waals surface area contributed by atoms with Gasteiger partial charge in [0, 0.05) is 30.7 Å². The molecule has 0 aliphatic rings. The molecule has 0 unspecified atom stereocenters. The lowest BCUT2D eigenvalue weighted by Gasteiger charge is -2.25. The molecule has 2 N–H and O–H groups in total. The topological polar surface area (TPSA) is 105 Å². The van der Waals surface area contributed by atoms with E-state index in [2.05, 4.69) is 10.3 Å². The van der Waals surface area contributed by atoms with E-state index in [0.717, 1.165) is 27.9 Å². The van der Waals surface area contributed by atoms with Crippen LogP contribution in [0.25, 0.3) is 11.5 Å². The van der Waals surface area contributed by atoms with Crippen LogP contribution in [0.5, 0.6) is 5.75 Å². The summed E-state index contributed by atoms with van der Waals surface area (Å²) in [6.07, 6.45) is 0. The first-order chi connectivity index (χ1) is 16.9. The quantitative estimate of drug-likeness (QED) is 0.397. The lowest BCUT2D eigenvalue weighted by molar-refractivity contribution is -0.152. The molecule has 0 saturated heterocycles. The number of carboxylic acid groups (broad SMARTS) is 1. The van der Waals surface area contributed by atoms with Gasteiger partial charge in [-0.2, -0.15) is 0 Å². The van der Waals surface area contributed by atoms with Crippen molar-refractivity contribution in [3.8, 4) is 17.2 Å². The molecule has 0 aliphatic carbocycles. The Balaban J connectivity index is 1.86. The number of oxazole rings is 1. The minimum absolute atomic E-state index is 0.122. The number of carbonyl (C=O) groups is 2. The van der Waals surface area contributed by atoms with Crippen LogP contribution < -0.4 is 10.1 Å². The lowest BCUT2D eigenvalue weighted by atomic mass is 10.0. The van der Waals surface area contributed by atoms with Crippen molar-refractivity contribution in [1.29, 1.82) is 0 Å². The SMILES string of the molecule is CNC(=O)CN(Cc1cc(C)c(OC(C)(C)C(=O)O)c(C)c1)Cc1nc(-c2cccc(Cl)c2)oc1C. The monoisotopic (exact) mass is 513 g/mol. The van der Waals surface area contributed by atoms with Gasteiger partial charge in [-0.05, 0) is 69.5 Å². The number of hydrogen-bond acceptors (Lipinski definition) is 6. The largest absolute Gasteiger partial charge is 0.478 e. The molecule has 3 rings (SSSR count). The Labute approximate surface area is 216 Å². The van der Waals surface area contributed by atoms with E-state index in [0.29, 0.717) is 35.5 Å². The summed E-state index contributed by atoms with van der Waals surface area (Å²) >= 11 is 6.12. The van der Waals surface area contributed by atoms with E-state index >= 15 is 0 Å². The van der Waals surface area contributed by atoms with Crippen molar-refractivity contribution < 1.29 is 23.8 Å². The number of carbonyl (C=O) groups excluding carboxylic acids is 1. The normalized spacial score (nSPS) is 11.6. The van der Waals surface area contributed by atoms with E-state index in [1.54, 1.807) is 19.2 Å². The summed E-state index contributed by atoms with van der Waals surface area (Å²) in [5.74, 6) is 0.519. The smallest absolute Gasteiger partial charge is 0.347 e. The Kier molecular flexibility index (Phi) is 8.43. The Morgan fingerprint density at radius 2 is 1.81 bits per heavy atom. The number of ether oxygens (including phenoxy) is 1. The van der Waals surface area contributed by atoms with E-state index in [4.69, 9.17) is 20.8 Å². The summed E-state index contributed by atoms with van der Waals surface area (Å²) in [7, 11) is 1.60. The van der Waals surface area contributed by atoms with Crippen LogP contribution in [0.15, 0.2) is 40.8 Å². The van der Waals surface area contributed by atoms with Gasteiger partial charge in [-0.1, -0.05) is 29.8 Å². The van der Waals surface area contributed by atoms with Crippen molar-refractivity contribution in [1.82, 2.24) is 15.2 Å². The number of likely N-dealkylation sites (N-methyl/N-ethyl adjacent to an activating group) is 1. The number of benzene rings is 2. The van der Waals surface area contributed by atoms with Crippen LogP contribution in [0.1, 0.15) is 42.0 Å².